The van der Waals surface area contributed by atoms with E-state index in [1.54, 1.807) is 18.2 Å². The predicted molar refractivity (Wildman–Crippen MR) is 71.0 cm³/mol. The molecular formula is C12H10ClN3O4. The van der Waals surface area contributed by atoms with E-state index in [1.807, 2.05) is 0 Å². The van der Waals surface area contributed by atoms with Gasteiger partial charge in [0.1, 0.15) is 18.1 Å². The first kappa shape index (κ1) is 14.0. The van der Waals surface area contributed by atoms with Gasteiger partial charge in [0.25, 0.3) is 0 Å². The molecule has 8 heteroatoms. The van der Waals surface area contributed by atoms with Crippen LogP contribution in [0, 0.1) is 10.1 Å². The quantitative estimate of drug-likeness (QED) is 0.622. The van der Waals surface area contributed by atoms with Crippen LogP contribution in [0.1, 0.15) is 5.69 Å². The molecule has 0 saturated heterocycles. The largest absolute Gasteiger partial charge is 0.496 e. The zero-order valence-corrected chi connectivity index (χ0v) is 11.2. The Kier molecular flexibility index (Phi) is 4.31. The van der Waals surface area contributed by atoms with Crippen molar-refractivity contribution < 1.29 is 14.4 Å². The first-order valence-electron chi connectivity index (χ1n) is 5.53. The maximum atomic E-state index is 11.0. The van der Waals surface area contributed by atoms with Crippen LogP contribution in [0.15, 0.2) is 30.3 Å². The van der Waals surface area contributed by atoms with Crippen molar-refractivity contribution in [2.45, 2.75) is 6.61 Å². The van der Waals surface area contributed by atoms with Gasteiger partial charge in [-0.25, -0.2) is 0 Å². The predicted octanol–water partition coefficient (Wildman–Crippen LogP) is 2.63. The molecule has 1 aromatic carbocycles. The summed E-state index contributed by atoms with van der Waals surface area (Å²) in [5.41, 5.74) is 0.339. The molecule has 0 fully saturated rings. The minimum absolute atomic E-state index is 0.0529. The molecule has 1 aromatic heterocycles. The van der Waals surface area contributed by atoms with Gasteiger partial charge >= 0.3 is 5.69 Å². The Morgan fingerprint density at radius 1 is 1.30 bits per heavy atom. The first-order valence-corrected chi connectivity index (χ1v) is 5.91. The van der Waals surface area contributed by atoms with Gasteiger partial charge in [0.15, 0.2) is 10.9 Å². The molecule has 0 radical (unpaired) electrons. The van der Waals surface area contributed by atoms with E-state index in [9.17, 15) is 10.1 Å². The molecular weight excluding hydrogens is 286 g/mol. The number of nitrogens with zero attached hydrogens (tertiary/aromatic N) is 3. The van der Waals surface area contributed by atoms with Gasteiger partial charge < -0.3 is 9.47 Å². The van der Waals surface area contributed by atoms with Crippen molar-refractivity contribution in [1.82, 2.24) is 10.2 Å². The second-order valence-electron chi connectivity index (χ2n) is 3.73. The van der Waals surface area contributed by atoms with E-state index in [-0.39, 0.29) is 23.2 Å². The molecule has 104 valence electrons. The lowest BCUT2D eigenvalue weighted by atomic mass is 10.3. The van der Waals surface area contributed by atoms with Gasteiger partial charge in [-0.15, -0.1) is 5.10 Å². The molecule has 7 nitrogen and oxygen atoms in total. The van der Waals surface area contributed by atoms with Crippen LogP contribution in [0.25, 0.3) is 0 Å². The van der Waals surface area contributed by atoms with E-state index in [0.717, 1.165) is 0 Å². The lowest BCUT2D eigenvalue weighted by Crippen LogP contribution is -2.02. The molecule has 2 aromatic rings. The zero-order chi connectivity index (χ0) is 14.5. The smallest absolute Gasteiger partial charge is 0.314 e. The third kappa shape index (κ3) is 3.33. The summed E-state index contributed by atoms with van der Waals surface area (Å²) in [4.78, 5) is 10.4. The van der Waals surface area contributed by atoms with Gasteiger partial charge in [-0.2, -0.15) is 5.10 Å². The summed E-state index contributed by atoms with van der Waals surface area (Å²) in [7, 11) is 1.43. The number of rotatable bonds is 5. The number of methoxy groups -OCH3 is 1. The molecule has 0 aliphatic heterocycles. The fourth-order valence-electron chi connectivity index (χ4n) is 1.46. The summed E-state index contributed by atoms with van der Waals surface area (Å²) >= 11 is 5.61. The topological polar surface area (TPSA) is 87.4 Å². The van der Waals surface area contributed by atoms with Crippen molar-refractivity contribution in [3.8, 4) is 11.5 Å². The van der Waals surface area contributed by atoms with Crippen LogP contribution in [0.5, 0.6) is 11.5 Å². The summed E-state index contributed by atoms with van der Waals surface area (Å²) in [6.07, 6.45) is 0. The van der Waals surface area contributed by atoms with Crippen LogP contribution in [0.4, 0.5) is 5.69 Å². The summed E-state index contributed by atoms with van der Waals surface area (Å²) < 4.78 is 10.3. The molecule has 1 heterocycles. The monoisotopic (exact) mass is 295 g/mol. The fourth-order valence-corrected chi connectivity index (χ4v) is 1.56. The summed E-state index contributed by atoms with van der Waals surface area (Å²) in [6.45, 7) is 0.0529. The van der Waals surface area contributed by atoms with Gasteiger partial charge in [-0.1, -0.05) is 11.6 Å². The van der Waals surface area contributed by atoms with Crippen molar-refractivity contribution in [3.05, 3.63) is 51.3 Å². The number of hydrogen-bond acceptors (Lipinski definition) is 6. The Balaban J connectivity index is 2.16. The third-order valence-electron chi connectivity index (χ3n) is 2.43. The molecule has 0 spiro atoms. The van der Waals surface area contributed by atoms with Crippen LogP contribution in [0.2, 0.25) is 5.15 Å². The lowest BCUT2D eigenvalue weighted by molar-refractivity contribution is -0.386. The Morgan fingerprint density at radius 2 is 2.10 bits per heavy atom. The maximum absolute atomic E-state index is 11.0. The van der Waals surface area contributed by atoms with Crippen molar-refractivity contribution in [2.24, 2.45) is 0 Å². The Bertz CT molecular complexity index is 619. The van der Waals surface area contributed by atoms with Crippen molar-refractivity contribution >= 4 is 17.3 Å². The van der Waals surface area contributed by atoms with Gasteiger partial charge in [0, 0.05) is 0 Å². The van der Waals surface area contributed by atoms with Gasteiger partial charge in [-0.3, -0.25) is 10.1 Å². The highest BCUT2D eigenvalue weighted by molar-refractivity contribution is 6.29. The number of ether oxygens (including phenoxy) is 2. The minimum Gasteiger partial charge on any atom is -0.496 e. The molecule has 2 rings (SSSR count). The maximum Gasteiger partial charge on any atom is 0.314 e. The van der Waals surface area contributed by atoms with Crippen LogP contribution in [0.3, 0.4) is 0 Å². The number of aromatic nitrogens is 2. The number of halogens is 1. The van der Waals surface area contributed by atoms with Crippen LogP contribution >= 0.6 is 11.6 Å². The normalized spacial score (nSPS) is 10.1. The Hall–Kier alpha value is -2.41. The second-order valence-corrected chi connectivity index (χ2v) is 4.11. The summed E-state index contributed by atoms with van der Waals surface area (Å²) in [5.74, 6) is 0.517. The molecule has 0 atom stereocenters. The highest BCUT2D eigenvalue weighted by Gasteiger charge is 2.16. The number of nitro benzene ring substituents is 1. The molecule has 0 N–H and O–H groups in total. The van der Waals surface area contributed by atoms with Crippen molar-refractivity contribution in [3.63, 3.8) is 0 Å². The zero-order valence-electron chi connectivity index (χ0n) is 10.4. The lowest BCUT2D eigenvalue weighted by Gasteiger charge is -2.07. The molecule has 0 bridgehead atoms. The Labute approximate surface area is 119 Å². The number of nitro groups is 1. The van der Waals surface area contributed by atoms with Crippen molar-refractivity contribution in [2.75, 3.05) is 7.11 Å². The minimum atomic E-state index is -0.536. The average molecular weight is 296 g/mol. The van der Waals surface area contributed by atoms with E-state index in [4.69, 9.17) is 21.1 Å². The molecule has 0 amide bonds. The highest BCUT2D eigenvalue weighted by Crippen LogP contribution is 2.31. The molecule has 0 aliphatic carbocycles. The Morgan fingerprint density at radius 3 is 2.70 bits per heavy atom. The molecule has 0 unspecified atom stereocenters. The van der Waals surface area contributed by atoms with E-state index < -0.39 is 4.92 Å². The molecule has 20 heavy (non-hydrogen) atoms. The van der Waals surface area contributed by atoms with E-state index >= 15 is 0 Å². The van der Waals surface area contributed by atoms with Crippen LogP contribution < -0.4 is 9.47 Å². The second kappa shape index (κ2) is 6.16. The number of hydrogen-bond donors (Lipinski definition) is 0. The SMILES string of the molecule is COc1ccc(OCc2ccc(Cl)nn2)c([N+](=O)[O-])c1. The van der Waals surface area contributed by atoms with Crippen LogP contribution in [-0.2, 0) is 6.61 Å². The number of benzene rings is 1. The van der Waals surface area contributed by atoms with E-state index in [2.05, 4.69) is 10.2 Å². The van der Waals surface area contributed by atoms with E-state index in [1.165, 1.54) is 19.2 Å². The molecule has 0 aliphatic rings. The van der Waals surface area contributed by atoms with Crippen molar-refractivity contribution in [1.29, 1.82) is 0 Å². The summed E-state index contributed by atoms with van der Waals surface area (Å²) in [5, 5.41) is 18.7. The average Bonchev–Trinajstić information content (AvgIpc) is 2.46. The third-order valence-corrected chi connectivity index (χ3v) is 2.63. The first-order chi connectivity index (χ1) is 9.60. The van der Waals surface area contributed by atoms with Gasteiger partial charge in [-0.05, 0) is 24.3 Å². The standard InChI is InChI=1S/C12H10ClN3O4/c1-19-9-3-4-11(10(6-9)16(17)18)20-7-8-2-5-12(13)15-14-8/h2-6H,7H2,1H3. The van der Waals surface area contributed by atoms with Gasteiger partial charge in [0.05, 0.1) is 18.1 Å². The van der Waals surface area contributed by atoms with E-state index in [0.29, 0.717) is 11.4 Å². The molecule has 0 saturated carbocycles. The van der Waals surface area contributed by atoms with Crippen LogP contribution in [-0.4, -0.2) is 22.2 Å². The fraction of sp³-hybridized carbons (Fsp3) is 0.167. The highest BCUT2D eigenvalue weighted by atomic mass is 35.5. The summed E-state index contributed by atoms with van der Waals surface area (Å²) in [6, 6.07) is 7.54. The van der Waals surface area contributed by atoms with Gasteiger partial charge in [0.2, 0.25) is 0 Å².